The highest BCUT2D eigenvalue weighted by Gasteiger charge is 2.12. The molecular weight excluding hydrogens is 330 g/mol. The third-order valence-electron chi connectivity index (χ3n) is 4.01. The SMILES string of the molecule is COc1ccc(O)c(/C(C)=N/NC(=O)c2cc(C)nc3ccccc23)c1. The van der Waals surface area contributed by atoms with Gasteiger partial charge in [0.15, 0.2) is 0 Å². The first-order chi connectivity index (χ1) is 12.5. The molecule has 2 N–H and O–H groups in total. The maximum Gasteiger partial charge on any atom is 0.272 e. The van der Waals surface area contributed by atoms with Crippen molar-refractivity contribution in [3.63, 3.8) is 0 Å². The largest absolute Gasteiger partial charge is 0.507 e. The first-order valence-corrected chi connectivity index (χ1v) is 8.08. The van der Waals surface area contributed by atoms with Crippen LogP contribution in [0.3, 0.4) is 0 Å². The number of carbonyl (C=O) groups excluding carboxylic acids is 1. The van der Waals surface area contributed by atoms with Crippen LogP contribution in [0.15, 0.2) is 53.6 Å². The van der Waals surface area contributed by atoms with Crippen molar-refractivity contribution in [2.45, 2.75) is 13.8 Å². The normalized spacial score (nSPS) is 11.4. The van der Waals surface area contributed by atoms with Gasteiger partial charge in [-0.15, -0.1) is 0 Å². The Morgan fingerprint density at radius 3 is 2.69 bits per heavy atom. The number of nitrogens with zero attached hydrogens (tertiary/aromatic N) is 2. The van der Waals surface area contributed by atoms with Crippen LogP contribution in [0.4, 0.5) is 0 Å². The van der Waals surface area contributed by atoms with Crippen molar-refractivity contribution in [3.8, 4) is 11.5 Å². The fourth-order valence-corrected chi connectivity index (χ4v) is 2.68. The maximum atomic E-state index is 12.6. The van der Waals surface area contributed by atoms with Crippen molar-refractivity contribution in [3.05, 3.63) is 65.4 Å². The van der Waals surface area contributed by atoms with Crippen LogP contribution in [0.25, 0.3) is 10.9 Å². The van der Waals surface area contributed by atoms with Crippen molar-refractivity contribution >= 4 is 22.5 Å². The first-order valence-electron chi connectivity index (χ1n) is 8.08. The van der Waals surface area contributed by atoms with Gasteiger partial charge in [-0.3, -0.25) is 9.78 Å². The fourth-order valence-electron chi connectivity index (χ4n) is 2.68. The smallest absolute Gasteiger partial charge is 0.272 e. The molecule has 3 rings (SSSR count). The summed E-state index contributed by atoms with van der Waals surface area (Å²) in [6.07, 6.45) is 0. The summed E-state index contributed by atoms with van der Waals surface area (Å²) in [4.78, 5) is 17.1. The Bertz CT molecular complexity index is 1010. The minimum atomic E-state index is -0.339. The van der Waals surface area contributed by atoms with Gasteiger partial charge in [-0.05, 0) is 44.2 Å². The number of phenols is 1. The number of nitrogens with one attached hydrogen (secondary N) is 1. The van der Waals surface area contributed by atoms with Gasteiger partial charge in [0, 0.05) is 16.6 Å². The maximum absolute atomic E-state index is 12.6. The zero-order valence-corrected chi connectivity index (χ0v) is 14.8. The number of hydrazone groups is 1. The molecule has 0 bridgehead atoms. The summed E-state index contributed by atoms with van der Waals surface area (Å²) < 4.78 is 5.16. The van der Waals surface area contributed by atoms with E-state index in [0.29, 0.717) is 22.6 Å². The van der Waals surface area contributed by atoms with Gasteiger partial charge in [0.1, 0.15) is 11.5 Å². The molecule has 1 amide bonds. The van der Waals surface area contributed by atoms with Crippen LogP contribution in [0.2, 0.25) is 0 Å². The van der Waals surface area contributed by atoms with E-state index in [-0.39, 0.29) is 11.7 Å². The van der Waals surface area contributed by atoms with Crippen LogP contribution in [0.5, 0.6) is 11.5 Å². The molecule has 6 nitrogen and oxygen atoms in total. The monoisotopic (exact) mass is 349 g/mol. The van der Waals surface area contributed by atoms with E-state index >= 15 is 0 Å². The second-order valence-corrected chi connectivity index (χ2v) is 5.85. The Morgan fingerprint density at radius 1 is 1.15 bits per heavy atom. The van der Waals surface area contributed by atoms with E-state index in [1.54, 1.807) is 32.2 Å². The molecule has 1 aromatic heterocycles. The summed E-state index contributed by atoms with van der Waals surface area (Å²) >= 11 is 0. The van der Waals surface area contributed by atoms with Gasteiger partial charge in [0.05, 0.1) is 23.9 Å². The Hall–Kier alpha value is -3.41. The number of methoxy groups -OCH3 is 1. The third kappa shape index (κ3) is 3.49. The van der Waals surface area contributed by atoms with E-state index in [2.05, 4.69) is 15.5 Å². The fraction of sp³-hybridized carbons (Fsp3) is 0.150. The lowest BCUT2D eigenvalue weighted by atomic mass is 10.1. The lowest BCUT2D eigenvalue weighted by Crippen LogP contribution is -2.20. The molecule has 0 spiro atoms. The van der Waals surface area contributed by atoms with E-state index in [4.69, 9.17) is 4.74 Å². The predicted molar refractivity (Wildman–Crippen MR) is 101 cm³/mol. The molecule has 0 aliphatic carbocycles. The van der Waals surface area contributed by atoms with E-state index in [9.17, 15) is 9.90 Å². The minimum absolute atomic E-state index is 0.0616. The van der Waals surface area contributed by atoms with E-state index in [0.717, 1.165) is 16.6 Å². The van der Waals surface area contributed by atoms with Crippen LogP contribution < -0.4 is 10.2 Å². The van der Waals surface area contributed by atoms with Crippen LogP contribution in [0, 0.1) is 6.92 Å². The number of ether oxygens (including phenoxy) is 1. The second-order valence-electron chi connectivity index (χ2n) is 5.85. The van der Waals surface area contributed by atoms with Crippen molar-refractivity contribution in [1.82, 2.24) is 10.4 Å². The number of pyridine rings is 1. The molecule has 0 saturated heterocycles. The number of benzene rings is 2. The molecule has 0 radical (unpaired) electrons. The van der Waals surface area contributed by atoms with Crippen LogP contribution in [-0.4, -0.2) is 28.8 Å². The molecular formula is C20H19N3O3. The quantitative estimate of drug-likeness (QED) is 0.558. The lowest BCUT2D eigenvalue weighted by Gasteiger charge is -2.09. The highest BCUT2D eigenvalue weighted by Crippen LogP contribution is 2.23. The Balaban J connectivity index is 1.90. The number of amides is 1. The Morgan fingerprint density at radius 2 is 1.92 bits per heavy atom. The van der Waals surface area contributed by atoms with Gasteiger partial charge in [-0.2, -0.15) is 5.10 Å². The van der Waals surface area contributed by atoms with Crippen molar-refractivity contribution in [1.29, 1.82) is 0 Å². The Labute approximate surface area is 151 Å². The average molecular weight is 349 g/mol. The third-order valence-corrected chi connectivity index (χ3v) is 4.01. The molecule has 26 heavy (non-hydrogen) atoms. The standard InChI is InChI=1S/C20H19N3O3/c1-12-10-17(15-6-4-5-7-18(15)21-12)20(25)23-22-13(2)16-11-14(26-3)8-9-19(16)24/h4-11,24H,1-3H3,(H,23,25)/b22-13+. The summed E-state index contributed by atoms with van der Waals surface area (Å²) in [6, 6.07) is 14.0. The minimum Gasteiger partial charge on any atom is -0.507 e. The number of para-hydroxylation sites is 1. The van der Waals surface area contributed by atoms with Crippen LogP contribution in [0.1, 0.15) is 28.5 Å². The summed E-state index contributed by atoms with van der Waals surface area (Å²) in [7, 11) is 1.54. The van der Waals surface area contributed by atoms with Gasteiger partial charge in [0.25, 0.3) is 5.91 Å². The van der Waals surface area contributed by atoms with Crippen molar-refractivity contribution in [2.75, 3.05) is 7.11 Å². The van der Waals surface area contributed by atoms with Gasteiger partial charge >= 0.3 is 0 Å². The predicted octanol–water partition coefficient (Wildman–Crippen LogP) is 3.41. The molecule has 0 aliphatic heterocycles. The highest BCUT2D eigenvalue weighted by molar-refractivity contribution is 6.07. The zero-order chi connectivity index (χ0) is 18.7. The molecule has 0 saturated carbocycles. The molecule has 1 heterocycles. The van der Waals surface area contributed by atoms with E-state index in [1.807, 2.05) is 31.2 Å². The molecule has 0 atom stereocenters. The molecule has 3 aromatic rings. The summed E-state index contributed by atoms with van der Waals surface area (Å²) in [5.74, 6) is 0.314. The van der Waals surface area contributed by atoms with Crippen molar-refractivity contribution < 1.29 is 14.6 Å². The molecule has 6 heteroatoms. The zero-order valence-electron chi connectivity index (χ0n) is 14.8. The van der Waals surface area contributed by atoms with E-state index in [1.165, 1.54) is 6.07 Å². The number of rotatable bonds is 4. The van der Waals surface area contributed by atoms with Gasteiger partial charge in [0.2, 0.25) is 0 Å². The topological polar surface area (TPSA) is 83.8 Å². The Kier molecular flexibility index (Phi) is 4.84. The van der Waals surface area contributed by atoms with Crippen LogP contribution in [-0.2, 0) is 0 Å². The molecule has 132 valence electrons. The van der Waals surface area contributed by atoms with E-state index < -0.39 is 0 Å². The first kappa shape index (κ1) is 17.4. The number of aryl methyl sites for hydroxylation is 1. The summed E-state index contributed by atoms with van der Waals surface area (Å²) in [5.41, 5.74) is 5.50. The van der Waals surface area contributed by atoms with Gasteiger partial charge in [-0.1, -0.05) is 18.2 Å². The molecule has 0 unspecified atom stereocenters. The molecule has 2 aromatic carbocycles. The highest BCUT2D eigenvalue weighted by atomic mass is 16.5. The average Bonchev–Trinajstić information content (AvgIpc) is 2.65. The lowest BCUT2D eigenvalue weighted by molar-refractivity contribution is 0.0956. The van der Waals surface area contributed by atoms with Gasteiger partial charge < -0.3 is 9.84 Å². The summed E-state index contributed by atoms with van der Waals surface area (Å²) in [6.45, 7) is 3.54. The van der Waals surface area contributed by atoms with Crippen LogP contribution >= 0.6 is 0 Å². The number of phenolic OH excluding ortho intramolecular Hbond substituents is 1. The summed E-state index contributed by atoms with van der Waals surface area (Å²) in [5, 5.41) is 14.9. The number of carbonyl (C=O) groups is 1. The second kappa shape index (κ2) is 7.23. The van der Waals surface area contributed by atoms with Crippen molar-refractivity contribution in [2.24, 2.45) is 5.10 Å². The van der Waals surface area contributed by atoms with Gasteiger partial charge in [-0.25, -0.2) is 5.43 Å². The molecule has 0 fully saturated rings. The molecule has 0 aliphatic rings. The number of fused-ring (bicyclic) bond motifs is 1. The number of aromatic hydroxyl groups is 1. The number of hydrogen-bond acceptors (Lipinski definition) is 5. The number of hydrogen-bond donors (Lipinski definition) is 2. The number of aromatic nitrogens is 1.